The molecule has 4 heterocycles. The molecule has 0 bridgehead atoms. The summed E-state index contributed by atoms with van der Waals surface area (Å²) in [6.45, 7) is 0.599. The summed E-state index contributed by atoms with van der Waals surface area (Å²) in [5.74, 6) is -0.464. The molecule has 42 heavy (non-hydrogen) atoms. The lowest BCUT2D eigenvalue weighted by atomic mass is 10.0. The van der Waals surface area contributed by atoms with Crippen LogP contribution in [0.3, 0.4) is 0 Å². The number of halogens is 2. The predicted octanol–water partition coefficient (Wildman–Crippen LogP) is 6.70. The Balaban J connectivity index is 1.03. The molecule has 0 amide bonds. The summed E-state index contributed by atoms with van der Waals surface area (Å²) >= 11 is 12.0. The first-order valence-electron chi connectivity index (χ1n) is 13.5. The number of hydrogen-bond donors (Lipinski definition) is 0. The van der Waals surface area contributed by atoms with E-state index in [1.807, 2.05) is 48.5 Å². The molecule has 2 aliphatic heterocycles. The average molecular weight is 605 g/mol. The van der Waals surface area contributed by atoms with Crippen molar-refractivity contribution < 1.29 is 28.5 Å². The third kappa shape index (κ3) is 6.47. The van der Waals surface area contributed by atoms with Gasteiger partial charge in [0.05, 0.1) is 50.7 Å². The zero-order valence-electron chi connectivity index (χ0n) is 22.4. The molecule has 214 valence electrons. The minimum absolute atomic E-state index is 0.157. The van der Waals surface area contributed by atoms with Gasteiger partial charge in [0.1, 0.15) is 0 Å². The van der Waals surface area contributed by atoms with E-state index in [0.717, 1.165) is 33.4 Å². The molecular formula is C32H26Cl2N2O6. The van der Waals surface area contributed by atoms with Crippen molar-refractivity contribution in [3.63, 3.8) is 0 Å². The number of esters is 2. The van der Waals surface area contributed by atoms with Crippen molar-refractivity contribution in [3.05, 3.63) is 117 Å². The molecule has 2 atom stereocenters. The fraction of sp³-hybridized carbons (Fsp3) is 0.250. The molecule has 0 spiro atoms. The van der Waals surface area contributed by atoms with Crippen LogP contribution in [0.1, 0.15) is 58.4 Å². The van der Waals surface area contributed by atoms with Crippen LogP contribution in [-0.2, 0) is 45.1 Å². The average Bonchev–Trinajstić information content (AvgIpc) is 3.60. The first kappa shape index (κ1) is 28.3. The summed E-state index contributed by atoms with van der Waals surface area (Å²) in [4.78, 5) is 33.8. The van der Waals surface area contributed by atoms with E-state index in [0.29, 0.717) is 47.6 Å². The quantitative estimate of drug-likeness (QED) is 0.195. The lowest BCUT2D eigenvalue weighted by Gasteiger charge is -2.12. The van der Waals surface area contributed by atoms with Crippen molar-refractivity contribution in [2.24, 2.45) is 0 Å². The van der Waals surface area contributed by atoms with E-state index in [4.69, 9.17) is 42.1 Å². The maximum Gasteiger partial charge on any atom is 0.311 e. The Morgan fingerprint density at radius 2 is 1.07 bits per heavy atom. The molecule has 2 aliphatic rings. The molecule has 4 aromatic rings. The topological polar surface area (TPSA) is 96.8 Å². The van der Waals surface area contributed by atoms with Gasteiger partial charge in [0.2, 0.25) is 0 Å². The molecule has 2 aromatic heterocycles. The molecule has 0 saturated carbocycles. The number of carbonyl (C=O) groups excluding carboxylic acids is 2. The lowest BCUT2D eigenvalue weighted by Crippen LogP contribution is -2.15. The van der Waals surface area contributed by atoms with Gasteiger partial charge in [-0.15, -0.1) is 0 Å². The fourth-order valence-electron chi connectivity index (χ4n) is 5.11. The molecule has 0 unspecified atom stereocenters. The van der Waals surface area contributed by atoms with Crippen LogP contribution in [0.25, 0.3) is 0 Å². The van der Waals surface area contributed by atoms with Crippen LogP contribution in [0.5, 0.6) is 11.5 Å². The van der Waals surface area contributed by atoms with E-state index >= 15 is 0 Å². The highest BCUT2D eigenvalue weighted by molar-refractivity contribution is 6.30. The second-order valence-corrected chi connectivity index (χ2v) is 11.0. The molecule has 0 saturated heterocycles. The van der Waals surface area contributed by atoms with Gasteiger partial charge in [0.15, 0.2) is 11.5 Å². The van der Waals surface area contributed by atoms with E-state index in [1.165, 1.54) is 12.4 Å². The van der Waals surface area contributed by atoms with Gasteiger partial charge >= 0.3 is 11.9 Å². The van der Waals surface area contributed by atoms with E-state index < -0.39 is 11.9 Å². The second-order valence-electron chi connectivity index (χ2n) is 10.1. The molecule has 0 fully saturated rings. The van der Waals surface area contributed by atoms with Gasteiger partial charge < -0.3 is 18.9 Å². The molecule has 10 heteroatoms. The molecule has 2 aromatic carbocycles. The molecule has 0 radical (unpaired) electrons. The van der Waals surface area contributed by atoms with Gasteiger partial charge in [-0.1, -0.05) is 47.5 Å². The molecule has 8 nitrogen and oxygen atoms in total. The summed E-state index contributed by atoms with van der Waals surface area (Å²) in [6, 6.07) is 15.2. The Hall–Kier alpha value is -3.82. The standard InChI is InChI=1S/C32H26Cl2N2O6/c33-21-5-1-19(2-6-21)11-27-23-13-35-15-29(25(23)17-39-27)41-31(37)9-10-32(38)42-30-16-36-14-24-26(30)18-40-28(24)12-20-3-7-22(34)8-4-20/h1-8,13-16,27-28H,9-12,17-18H2/t27-,28-/m0/s1. The second kappa shape index (κ2) is 12.6. The number of ether oxygens (including phenoxy) is 4. The van der Waals surface area contributed by atoms with Crippen LogP contribution in [-0.4, -0.2) is 21.9 Å². The van der Waals surface area contributed by atoms with Gasteiger partial charge in [-0.05, 0) is 35.4 Å². The maximum atomic E-state index is 12.6. The van der Waals surface area contributed by atoms with Crippen LogP contribution < -0.4 is 9.47 Å². The normalized spacial score (nSPS) is 17.0. The summed E-state index contributed by atoms with van der Waals surface area (Å²) < 4.78 is 23.1. The van der Waals surface area contributed by atoms with Crippen LogP contribution in [0, 0.1) is 0 Å². The number of hydrogen-bond acceptors (Lipinski definition) is 8. The third-order valence-electron chi connectivity index (χ3n) is 7.30. The van der Waals surface area contributed by atoms with Crippen molar-refractivity contribution in [2.45, 2.75) is 51.1 Å². The summed E-state index contributed by atoms with van der Waals surface area (Å²) in [7, 11) is 0. The molecule has 6 rings (SSSR count). The Morgan fingerprint density at radius 3 is 1.48 bits per heavy atom. The predicted molar refractivity (Wildman–Crippen MR) is 154 cm³/mol. The van der Waals surface area contributed by atoms with Gasteiger partial charge in [-0.25, -0.2) is 0 Å². The van der Waals surface area contributed by atoms with Crippen molar-refractivity contribution in [1.82, 2.24) is 9.97 Å². The first-order valence-corrected chi connectivity index (χ1v) is 14.3. The van der Waals surface area contributed by atoms with Gasteiger partial charge in [0.25, 0.3) is 0 Å². The Morgan fingerprint density at radius 1 is 0.667 bits per heavy atom. The number of nitrogens with zero attached hydrogens (tertiary/aromatic N) is 2. The minimum Gasteiger partial charge on any atom is -0.424 e. The summed E-state index contributed by atoms with van der Waals surface area (Å²) in [5, 5.41) is 1.34. The maximum absolute atomic E-state index is 12.6. The Bertz CT molecular complexity index is 1490. The number of pyridine rings is 2. The number of fused-ring (bicyclic) bond motifs is 2. The van der Waals surface area contributed by atoms with Crippen LogP contribution in [0.15, 0.2) is 73.3 Å². The monoisotopic (exact) mass is 604 g/mol. The van der Waals surface area contributed by atoms with Gasteiger partial charge in [0, 0.05) is 57.5 Å². The van der Waals surface area contributed by atoms with Crippen molar-refractivity contribution in [2.75, 3.05) is 0 Å². The van der Waals surface area contributed by atoms with E-state index in [9.17, 15) is 9.59 Å². The van der Waals surface area contributed by atoms with Gasteiger partial charge in [-0.2, -0.15) is 0 Å². The fourth-order valence-corrected chi connectivity index (χ4v) is 5.36. The van der Waals surface area contributed by atoms with E-state index in [-0.39, 0.29) is 25.0 Å². The SMILES string of the molecule is O=C(CCC(=O)Oc1cncc2c1CO[C@H]2Cc1ccc(Cl)cc1)Oc1cncc2c1CO[C@H]2Cc1ccc(Cl)cc1. The largest absolute Gasteiger partial charge is 0.424 e. The number of rotatable bonds is 9. The lowest BCUT2D eigenvalue weighted by molar-refractivity contribution is -0.140. The van der Waals surface area contributed by atoms with E-state index in [1.54, 1.807) is 12.4 Å². The van der Waals surface area contributed by atoms with Crippen LogP contribution in [0.4, 0.5) is 0 Å². The third-order valence-corrected chi connectivity index (χ3v) is 7.81. The summed E-state index contributed by atoms with van der Waals surface area (Å²) in [6.07, 6.45) is 6.98. The Labute approximate surface area is 252 Å². The minimum atomic E-state index is -0.564. The number of carbonyl (C=O) groups is 2. The van der Waals surface area contributed by atoms with Crippen LogP contribution in [0.2, 0.25) is 10.0 Å². The Kier molecular flexibility index (Phi) is 8.48. The van der Waals surface area contributed by atoms with Crippen LogP contribution >= 0.6 is 23.2 Å². The van der Waals surface area contributed by atoms with Gasteiger partial charge in [-0.3, -0.25) is 19.6 Å². The first-order chi connectivity index (χ1) is 20.4. The number of benzene rings is 2. The molecular weight excluding hydrogens is 579 g/mol. The molecule has 0 aliphatic carbocycles. The van der Waals surface area contributed by atoms with E-state index in [2.05, 4.69) is 9.97 Å². The van der Waals surface area contributed by atoms with Crippen molar-refractivity contribution in [3.8, 4) is 11.5 Å². The highest BCUT2D eigenvalue weighted by atomic mass is 35.5. The molecule has 0 N–H and O–H groups in total. The highest BCUT2D eigenvalue weighted by Gasteiger charge is 2.29. The van der Waals surface area contributed by atoms with Crippen molar-refractivity contribution in [1.29, 1.82) is 0 Å². The highest BCUT2D eigenvalue weighted by Crippen LogP contribution is 2.39. The smallest absolute Gasteiger partial charge is 0.311 e. The zero-order chi connectivity index (χ0) is 29.1. The number of aromatic nitrogens is 2. The van der Waals surface area contributed by atoms with Crippen molar-refractivity contribution >= 4 is 35.1 Å². The zero-order valence-corrected chi connectivity index (χ0v) is 23.9. The summed E-state index contributed by atoms with van der Waals surface area (Å²) in [5.41, 5.74) is 5.44.